The Morgan fingerprint density at radius 2 is 2.00 bits per heavy atom. The topological polar surface area (TPSA) is 85.1 Å². The first-order chi connectivity index (χ1) is 9.27. The molecule has 1 rings (SSSR count). The Bertz CT molecular complexity index is 439. The fourth-order valence-electron chi connectivity index (χ4n) is 1.50. The van der Waals surface area contributed by atoms with Gasteiger partial charge in [-0.05, 0) is 5.92 Å². The minimum Gasteiger partial charge on any atom is -0.383 e. The Balaban J connectivity index is 3.04. The zero-order valence-corrected chi connectivity index (χ0v) is 11.5. The molecule has 4 N–H and O–H groups in total. The molecule has 9 heteroatoms. The van der Waals surface area contributed by atoms with Crippen LogP contribution in [0.1, 0.15) is 19.5 Å². The van der Waals surface area contributed by atoms with Gasteiger partial charge in [-0.1, -0.05) is 13.8 Å². The van der Waals surface area contributed by atoms with Crippen molar-refractivity contribution in [3.63, 3.8) is 0 Å². The van der Waals surface area contributed by atoms with Crippen LogP contribution in [0.25, 0.3) is 0 Å². The number of nitrogens with one attached hydrogen (secondary N) is 2. The summed E-state index contributed by atoms with van der Waals surface area (Å²) in [4.78, 5) is 7.13. The molecule has 0 spiro atoms. The van der Waals surface area contributed by atoms with Crippen LogP contribution in [-0.4, -0.2) is 29.7 Å². The van der Waals surface area contributed by atoms with Crippen molar-refractivity contribution in [2.75, 3.05) is 24.5 Å². The molecule has 1 aromatic rings. The first-order valence-electron chi connectivity index (χ1n) is 5.96. The Labute approximate surface area is 114 Å². The molecular weight excluding hydrogens is 275 g/mol. The summed E-state index contributed by atoms with van der Waals surface area (Å²) in [5.41, 5.74) is 0.954. The van der Waals surface area contributed by atoms with E-state index < -0.39 is 11.9 Å². The van der Waals surface area contributed by atoms with Crippen molar-refractivity contribution in [2.45, 2.75) is 26.1 Å². The maximum absolute atomic E-state index is 12.7. The van der Waals surface area contributed by atoms with Crippen LogP contribution in [0.2, 0.25) is 0 Å². The van der Waals surface area contributed by atoms with E-state index in [1.165, 1.54) is 7.11 Å². The number of hydrazine groups is 1. The maximum Gasteiger partial charge on any atom is 0.433 e. The highest BCUT2D eigenvalue weighted by molar-refractivity contribution is 5.43. The number of methoxy groups -OCH3 is 1. The van der Waals surface area contributed by atoms with Crippen LogP contribution < -0.4 is 16.6 Å². The number of nitrogen functional groups attached to an aromatic ring is 1. The molecule has 0 saturated heterocycles. The summed E-state index contributed by atoms with van der Waals surface area (Å²) in [5, 5.41) is 2.89. The van der Waals surface area contributed by atoms with Gasteiger partial charge in [-0.15, -0.1) is 0 Å². The lowest BCUT2D eigenvalue weighted by molar-refractivity contribution is -0.141. The molecule has 0 aromatic carbocycles. The average molecular weight is 293 g/mol. The second kappa shape index (κ2) is 6.71. The van der Waals surface area contributed by atoms with E-state index in [-0.39, 0.29) is 23.7 Å². The lowest BCUT2D eigenvalue weighted by Crippen LogP contribution is -2.31. The zero-order valence-electron chi connectivity index (χ0n) is 11.5. The molecule has 0 aliphatic rings. The number of hydrogen-bond donors (Lipinski definition) is 3. The lowest BCUT2D eigenvalue weighted by Gasteiger charge is -2.22. The van der Waals surface area contributed by atoms with Crippen LogP contribution in [-0.2, 0) is 10.9 Å². The molecule has 6 nitrogen and oxygen atoms in total. The number of ether oxygens (including phenoxy) is 1. The number of hydrogen-bond acceptors (Lipinski definition) is 6. The van der Waals surface area contributed by atoms with Gasteiger partial charge in [0.25, 0.3) is 0 Å². The second-order valence-corrected chi connectivity index (χ2v) is 4.55. The molecule has 1 aromatic heterocycles. The van der Waals surface area contributed by atoms with Crippen molar-refractivity contribution in [3.8, 4) is 0 Å². The van der Waals surface area contributed by atoms with E-state index in [9.17, 15) is 13.2 Å². The Hall–Kier alpha value is -1.61. The number of aromatic nitrogens is 2. The van der Waals surface area contributed by atoms with Crippen molar-refractivity contribution in [3.05, 3.63) is 11.8 Å². The highest BCUT2D eigenvalue weighted by Crippen LogP contribution is 2.29. The maximum atomic E-state index is 12.7. The SMILES string of the molecule is COCC(Nc1cc(C(F)(F)F)nc(NN)n1)C(C)C. The number of halogens is 3. The molecule has 0 saturated carbocycles. The van der Waals surface area contributed by atoms with E-state index in [0.29, 0.717) is 6.61 Å². The minimum absolute atomic E-state index is 0.0380. The molecule has 0 amide bonds. The van der Waals surface area contributed by atoms with Crippen LogP contribution in [0.15, 0.2) is 6.07 Å². The highest BCUT2D eigenvalue weighted by Gasteiger charge is 2.34. The standard InChI is InChI=1S/C11H18F3N5O/c1-6(2)7(5-20-3)16-9-4-8(11(12,13)14)17-10(18-9)19-15/h4,6-7H,5,15H2,1-3H3,(H2,16,17,18,19). The summed E-state index contributed by atoms with van der Waals surface area (Å²) in [7, 11) is 1.52. The largest absolute Gasteiger partial charge is 0.433 e. The molecule has 0 fully saturated rings. The normalized spacial score (nSPS) is 13.4. The lowest BCUT2D eigenvalue weighted by atomic mass is 10.1. The van der Waals surface area contributed by atoms with Crippen LogP contribution in [0.5, 0.6) is 0 Å². The van der Waals surface area contributed by atoms with Gasteiger partial charge >= 0.3 is 6.18 Å². The fourth-order valence-corrected chi connectivity index (χ4v) is 1.50. The molecule has 1 unspecified atom stereocenters. The summed E-state index contributed by atoms with van der Waals surface area (Å²) in [6, 6.07) is 0.660. The smallest absolute Gasteiger partial charge is 0.383 e. The number of nitrogens with zero attached hydrogens (tertiary/aromatic N) is 2. The first kappa shape index (κ1) is 16.4. The number of rotatable bonds is 6. The summed E-state index contributed by atoms with van der Waals surface area (Å²) >= 11 is 0. The van der Waals surface area contributed by atoms with Crippen molar-refractivity contribution in [1.29, 1.82) is 0 Å². The Morgan fingerprint density at radius 1 is 1.35 bits per heavy atom. The van der Waals surface area contributed by atoms with Gasteiger partial charge in [0.15, 0.2) is 5.69 Å². The van der Waals surface area contributed by atoms with Crippen molar-refractivity contribution < 1.29 is 17.9 Å². The van der Waals surface area contributed by atoms with E-state index in [0.717, 1.165) is 6.07 Å². The van der Waals surface area contributed by atoms with E-state index in [4.69, 9.17) is 10.6 Å². The Morgan fingerprint density at radius 3 is 2.45 bits per heavy atom. The quantitative estimate of drug-likeness (QED) is 0.548. The highest BCUT2D eigenvalue weighted by atomic mass is 19.4. The van der Waals surface area contributed by atoms with Crippen LogP contribution in [0.3, 0.4) is 0 Å². The van der Waals surface area contributed by atoms with Crippen molar-refractivity contribution >= 4 is 11.8 Å². The van der Waals surface area contributed by atoms with Gasteiger partial charge in [0.05, 0.1) is 12.6 Å². The molecule has 0 aliphatic heterocycles. The number of alkyl halides is 3. The van der Waals surface area contributed by atoms with Crippen LogP contribution in [0.4, 0.5) is 24.9 Å². The molecule has 114 valence electrons. The number of nitrogens with two attached hydrogens (primary N) is 1. The summed E-state index contributed by atoms with van der Waals surface area (Å²) in [5.74, 6) is 4.97. The van der Waals surface area contributed by atoms with Gasteiger partial charge in [0, 0.05) is 13.2 Å². The van der Waals surface area contributed by atoms with Gasteiger partial charge in [-0.3, -0.25) is 5.43 Å². The monoisotopic (exact) mass is 293 g/mol. The van der Waals surface area contributed by atoms with Crippen LogP contribution in [0, 0.1) is 5.92 Å². The van der Waals surface area contributed by atoms with Gasteiger partial charge < -0.3 is 10.1 Å². The number of anilines is 2. The molecule has 1 heterocycles. The van der Waals surface area contributed by atoms with Crippen molar-refractivity contribution in [1.82, 2.24) is 9.97 Å². The van der Waals surface area contributed by atoms with E-state index in [1.54, 1.807) is 0 Å². The van der Waals surface area contributed by atoms with Gasteiger partial charge in [-0.2, -0.15) is 18.2 Å². The Kier molecular flexibility index (Phi) is 5.52. The van der Waals surface area contributed by atoms with Crippen LogP contribution >= 0.6 is 0 Å². The van der Waals surface area contributed by atoms with Gasteiger partial charge in [0.1, 0.15) is 5.82 Å². The summed E-state index contributed by atoms with van der Waals surface area (Å²) in [6.07, 6.45) is -4.57. The predicted molar refractivity (Wildman–Crippen MR) is 69.0 cm³/mol. The zero-order chi connectivity index (χ0) is 15.3. The molecule has 1 atom stereocenters. The fraction of sp³-hybridized carbons (Fsp3) is 0.636. The first-order valence-corrected chi connectivity index (χ1v) is 5.96. The van der Waals surface area contributed by atoms with E-state index >= 15 is 0 Å². The third-order valence-electron chi connectivity index (χ3n) is 2.63. The third kappa shape index (κ3) is 4.49. The van der Waals surface area contributed by atoms with Gasteiger partial charge in [0.2, 0.25) is 5.95 Å². The molecule has 0 aliphatic carbocycles. The minimum atomic E-state index is -4.57. The third-order valence-corrected chi connectivity index (χ3v) is 2.63. The molecule has 0 radical (unpaired) electrons. The summed E-state index contributed by atoms with van der Waals surface area (Å²) < 4.78 is 43.2. The predicted octanol–water partition coefficient (Wildman–Crippen LogP) is 1.86. The van der Waals surface area contributed by atoms with E-state index in [1.807, 2.05) is 19.3 Å². The van der Waals surface area contributed by atoms with Crippen molar-refractivity contribution in [2.24, 2.45) is 11.8 Å². The molecule has 20 heavy (non-hydrogen) atoms. The molecular formula is C11H18F3N5O. The van der Waals surface area contributed by atoms with Gasteiger partial charge in [-0.25, -0.2) is 10.8 Å². The summed E-state index contributed by atoms with van der Waals surface area (Å²) in [6.45, 7) is 4.18. The van der Waals surface area contributed by atoms with E-state index in [2.05, 4.69) is 15.3 Å². The molecule has 0 bridgehead atoms. The second-order valence-electron chi connectivity index (χ2n) is 4.55. The average Bonchev–Trinajstić information content (AvgIpc) is 2.36.